The van der Waals surface area contributed by atoms with E-state index in [0.717, 1.165) is 5.56 Å². The van der Waals surface area contributed by atoms with E-state index in [9.17, 15) is 9.59 Å². The van der Waals surface area contributed by atoms with Crippen LogP contribution in [0.2, 0.25) is 0 Å². The number of carbonyl (C=O) groups is 2. The Labute approximate surface area is 142 Å². The number of anilines is 1. The standard InChI is InChI=1S/C18H14N2O3S/c1-23-18(22)13-7-9-14(10-8-13)20-17(21)16-15(19-11-24-16)12-5-3-2-4-6-12/h2-11H,1H3,(H,20,21). The third kappa shape index (κ3) is 3.33. The Bertz CT molecular complexity index is 857. The molecule has 0 saturated heterocycles. The van der Waals surface area contributed by atoms with Crippen LogP contribution in [0.1, 0.15) is 20.0 Å². The molecule has 1 amide bonds. The van der Waals surface area contributed by atoms with Crippen molar-refractivity contribution in [2.75, 3.05) is 12.4 Å². The van der Waals surface area contributed by atoms with E-state index in [-0.39, 0.29) is 5.91 Å². The van der Waals surface area contributed by atoms with Crippen LogP contribution >= 0.6 is 11.3 Å². The summed E-state index contributed by atoms with van der Waals surface area (Å²) >= 11 is 1.29. The number of ether oxygens (including phenoxy) is 1. The topological polar surface area (TPSA) is 68.3 Å². The van der Waals surface area contributed by atoms with Crippen LogP contribution in [-0.2, 0) is 4.74 Å². The fourth-order valence-corrected chi connectivity index (χ4v) is 2.91. The number of carbonyl (C=O) groups excluding carboxylic acids is 2. The molecule has 0 atom stereocenters. The molecule has 0 radical (unpaired) electrons. The number of amides is 1. The number of nitrogens with one attached hydrogen (secondary N) is 1. The molecule has 24 heavy (non-hydrogen) atoms. The number of methoxy groups -OCH3 is 1. The number of aromatic nitrogens is 1. The second-order valence-electron chi connectivity index (χ2n) is 4.92. The van der Waals surface area contributed by atoms with Crippen LogP contribution in [-0.4, -0.2) is 24.0 Å². The van der Waals surface area contributed by atoms with E-state index in [1.807, 2.05) is 30.3 Å². The van der Waals surface area contributed by atoms with Crippen LogP contribution in [0, 0.1) is 0 Å². The molecule has 0 unspecified atom stereocenters. The van der Waals surface area contributed by atoms with Crippen molar-refractivity contribution < 1.29 is 14.3 Å². The number of benzene rings is 2. The predicted octanol–water partition coefficient (Wildman–Crippen LogP) is 3.85. The van der Waals surface area contributed by atoms with E-state index >= 15 is 0 Å². The van der Waals surface area contributed by atoms with Gasteiger partial charge in [0.15, 0.2) is 0 Å². The predicted molar refractivity (Wildman–Crippen MR) is 93.3 cm³/mol. The zero-order chi connectivity index (χ0) is 16.9. The molecule has 0 spiro atoms. The highest BCUT2D eigenvalue weighted by molar-refractivity contribution is 7.12. The molecule has 1 N–H and O–H groups in total. The van der Waals surface area contributed by atoms with Crippen molar-refractivity contribution >= 4 is 28.9 Å². The van der Waals surface area contributed by atoms with E-state index in [1.165, 1.54) is 18.4 Å². The lowest BCUT2D eigenvalue weighted by Gasteiger charge is -2.06. The molecule has 2 aromatic carbocycles. The van der Waals surface area contributed by atoms with Crippen molar-refractivity contribution in [3.05, 3.63) is 70.5 Å². The van der Waals surface area contributed by atoms with Crippen LogP contribution in [0.3, 0.4) is 0 Å². The second-order valence-corrected chi connectivity index (χ2v) is 5.77. The first-order valence-corrected chi connectivity index (χ1v) is 8.05. The molecule has 6 heteroatoms. The van der Waals surface area contributed by atoms with Crippen LogP contribution in [0.4, 0.5) is 5.69 Å². The second kappa shape index (κ2) is 7.06. The van der Waals surface area contributed by atoms with Gasteiger partial charge in [-0.1, -0.05) is 30.3 Å². The quantitative estimate of drug-likeness (QED) is 0.734. The normalized spacial score (nSPS) is 10.2. The monoisotopic (exact) mass is 338 g/mol. The molecule has 0 aliphatic heterocycles. The first kappa shape index (κ1) is 15.9. The Morgan fingerprint density at radius 3 is 2.42 bits per heavy atom. The van der Waals surface area contributed by atoms with Crippen molar-refractivity contribution in [1.29, 1.82) is 0 Å². The number of hydrogen-bond donors (Lipinski definition) is 1. The lowest BCUT2D eigenvalue weighted by molar-refractivity contribution is 0.0600. The van der Waals surface area contributed by atoms with Gasteiger partial charge in [0.2, 0.25) is 0 Å². The average Bonchev–Trinajstić information content (AvgIpc) is 3.12. The smallest absolute Gasteiger partial charge is 0.337 e. The largest absolute Gasteiger partial charge is 0.465 e. The Hall–Kier alpha value is -2.99. The van der Waals surface area contributed by atoms with Crippen LogP contribution in [0.25, 0.3) is 11.3 Å². The minimum atomic E-state index is -0.415. The van der Waals surface area contributed by atoms with Gasteiger partial charge in [0.05, 0.1) is 23.9 Å². The Morgan fingerprint density at radius 2 is 1.75 bits per heavy atom. The van der Waals surface area contributed by atoms with Crippen molar-refractivity contribution in [3.63, 3.8) is 0 Å². The summed E-state index contributed by atoms with van der Waals surface area (Å²) in [5, 5.41) is 2.82. The summed E-state index contributed by atoms with van der Waals surface area (Å²) in [5.41, 5.74) is 4.23. The van der Waals surface area contributed by atoms with Crippen molar-refractivity contribution in [3.8, 4) is 11.3 Å². The molecule has 5 nitrogen and oxygen atoms in total. The summed E-state index contributed by atoms with van der Waals surface area (Å²) in [4.78, 5) is 28.8. The van der Waals surface area contributed by atoms with Gasteiger partial charge < -0.3 is 10.1 Å². The van der Waals surface area contributed by atoms with E-state index in [0.29, 0.717) is 21.8 Å². The lowest BCUT2D eigenvalue weighted by atomic mass is 10.1. The third-order valence-electron chi connectivity index (χ3n) is 3.38. The number of esters is 1. The van der Waals surface area contributed by atoms with Gasteiger partial charge in [0, 0.05) is 11.3 Å². The first-order valence-electron chi connectivity index (χ1n) is 7.17. The Balaban J connectivity index is 1.79. The van der Waals surface area contributed by atoms with E-state index in [4.69, 9.17) is 0 Å². The highest BCUT2D eigenvalue weighted by Gasteiger charge is 2.16. The van der Waals surface area contributed by atoms with Crippen molar-refractivity contribution in [2.45, 2.75) is 0 Å². The maximum atomic E-state index is 12.5. The van der Waals surface area contributed by atoms with Gasteiger partial charge in [-0.2, -0.15) is 0 Å². The van der Waals surface area contributed by atoms with Gasteiger partial charge in [-0.25, -0.2) is 9.78 Å². The van der Waals surface area contributed by atoms with Gasteiger partial charge in [0.1, 0.15) is 4.88 Å². The number of hydrogen-bond acceptors (Lipinski definition) is 5. The molecule has 0 aliphatic carbocycles. The van der Waals surface area contributed by atoms with Crippen LogP contribution in [0.5, 0.6) is 0 Å². The maximum absolute atomic E-state index is 12.5. The van der Waals surface area contributed by atoms with Gasteiger partial charge in [0.25, 0.3) is 5.91 Å². The zero-order valence-corrected chi connectivity index (χ0v) is 13.7. The fourth-order valence-electron chi connectivity index (χ4n) is 2.20. The summed E-state index contributed by atoms with van der Waals surface area (Å²) in [6.07, 6.45) is 0. The molecule has 0 aliphatic rings. The van der Waals surface area contributed by atoms with Gasteiger partial charge >= 0.3 is 5.97 Å². The molecule has 120 valence electrons. The third-order valence-corrected chi connectivity index (χ3v) is 4.21. The first-order chi connectivity index (χ1) is 11.7. The lowest BCUT2D eigenvalue weighted by Crippen LogP contribution is -2.11. The van der Waals surface area contributed by atoms with Gasteiger partial charge in [-0.3, -0.25) is 4.79 Å². The molecular formula is C18H14N2O3S. The summed E-state index contributed by atoms with van der Waals surface area (Å²) < 4.78 is 4.65. The Morgan fingerprint density at radius 1 is 1.04 bits per heavy atom. The molecule has 0 fully saturated rings. The SMILES string of the molecule is COC(=O)c1ccc(NC(=O)c2scnc2-c2ccccc2)cc1. The molecular weight excluding hydrogens is 324 g/mol. The summed E-state index contributed by atoms with van der Waals surface area (Å²) in [5.74, 6) is -0.649. The van der Waals surface area contributed by atoms with Crippen LogP contribution in [0.15, 0.2) is 60.1 Å². The number of thiazole rings is 1. The minimum Gasteiger partial charge on any atom is -0.465 e. The van der Waals surface area contributed by atoms with E-state index in [1.54, 1.807) is 29.8 Å². The van der Waals surface area contributed by atoms with Gasteiger partial charge in [-0.05, 0) is 24.3 Å². The Kier molecular flexibility index (Phi) is 4.67. The highest BCUT2D eigenvalue weighted by Crippen LogP contribution is 2.26. The summed E-state index contributed by atoms with van der Waals surface area (Å²) in [7, 11) is 1.33. The zero-order valence-electron chi connectivity index (χ0n) is 12.9. The molecule has 0 saturated carbocycles. The molecule has 1 heterocycles. The molecule has 0 bridgehead atoms. The number of nitrogens with zero attached hydrogens (tertiary/aromatic N) is 1. The van der Waals surface area contributed by atoms with Crippen LogP contribution < -0.4 is 5.32 Å². The van der Waals surface area contributed by atoms with Crippen molar-refractivity contribution in [1.82, 2.24) is 4.98 Å². The number of rotatable bonds is 4. The van der Waals surface area contributed by atoms with E-state index in [2.05, 4.69) is 15.0 Å². The maximum Gasteiger partial charge on any atom is 0.337 e. The van der Waals surface area contributed by atoms with Crippen molar-refractivity contribution in [2.24, 2.45) is 0 Å². The molecule has 3 aromatic rings. The summed E-state index contributed by atoms with van der Waals surface area (Å²) in [6.45, 7) is 0. The average molecular weight is 338 g/mol. The minimum absolute atomic E-state index is 0.234. The van der Waals surface area contributed by atoms with E-state index < -0.39 is 5.97 Å². The molecule has 3 rings (SSSR count). The van der Waals surface area contributed by atoms with Gasteiger partial charge in [-0.15, -0.1) is 11.3 Å². The summed E-state index contributed by atoms with van der Waals surface area (Å²) in [6, 6.07) is 16.1. The highest BCUT2D eigenvalue weighted by atomic mass is 32.1. The fraction of sp³-hybridized carbons (Fsp3) is 0.0556. The molecule has 1 aromatic heterocycles.